The average Bonchev–Trinajstić information content (AvgIpc) is 2.17. The molecule has 14 heavy (non-hydrogen) atoms. The van der Waals surface area contributed by atoms with Gasteiger partial charge in [-0.3, -0.25) is 0 Å². The molecule has 0 fully saturated rings. The summed E-state index contributed by atoms with van der Waals surface area (Å²) in [6.07, 6.45) is -1.10. The number of rotatable bonds is 1. The molecule has 0 saturated carbocycles. The molecule has 0 aromatic heterocycles. The van der Waals surface area contributed by atoms with Crippen molar-refractivity contribution in [3.63, 3.8) is 0 Å². The zero-order valence-electron chi connectivity index (χ0n) is 7.84. The molecule has 1 aromatic rings. The molecule has 3 heteroatoms. The zero-order valence-corrected chi connectivity index (χ0v) is 7.84. The van der Waals surface area contributed by atoms with Gasteiger partial charge >= 0.3 is 0 Å². The van der Waals surface area contributed by atoms with E-state index in [-0.39, 0.29) is 0 Å². The van der Waals surface area contributed by atoms with Crippen LogP contribution in [0.5, 0.6) is 0 Å². The number of hydrogen-bond acceptors (Lipinski definition) is 1. The summed E-state index contributed by atoms with van der Waals surface area (Å²) < 4.78 is 25.3. The number of fused-ring (bicyclic) bond motifs is 1. The van der Waals surface area contributed by atoms with Crippen molar-refractivity contribution in [2.75, 3.05) is 0 Å². The van der Waals surface area contributed by atoms with E-state index in [4.69, 9.17) is 5.73 Å². The largest absolute Gasteiger partial charge is 0.320 e. The molecule has 0 bridgehead atoms. The molecule has 76 valence electrons. The molecule has 0 saturated heterocycles. The van der Waals surface area contributed by atoms with Crippen LogP contribution in [-0.4, -0.2) is 12.0 Å². The lowest BCUT2D eigenvalue weighted by atomic mass is 9.79. The Bertz CT molecular complexity index is 338. The molecule has 2 N–H and O–H groups in total. The number of halogens is 2. The van der Waals surface area contributed by atoms with Gasteiger partial charge in [-0.05, 0) is 30.4 Å². The summed E-state index contributed by atoms with van der Waals surface area (Å²) in [5.41, 5.74) is 6.49. The van der Waals surface area contributed by atoms with E-state index in [0.29, 0.717) is 19.3 Å². The molecule has 1 aliphatic carbocycles. The number of hydrogen-bond donors (Lipinski definition) is 1. The van der Waals surface area contributed by atoms with Gasteiger partial charge in [0, 0.05) is 0 Å². The lowest BCUT2D eigenvalue weighted by Crippen LogP contribution is -2.51. The fourth-order valence-corrected chi connectivity index (χ4v) is 1.97. The second-order valence-corrected chi connectivity index (χ2v) is 3.98. The molecular formula is C11H13F2N. The highest BCUT2D eigenvalue weighted by atomic mass is 19.3. The Hall–Kier alpha value is -0.960. The lowest BCUT2D eigenvalue weighted by molar-refractivity contribution is 0.0453. The minimum absolute atomic E-state index is 0.292. The molecule has 1 unspecified atom stereocenters. The van der Waals surface area contributed by atoms with Gasteiger partial charge in [-0.1, -0.05) is 24.3 Å². The Morgan fingerprint density at radius 3 is 2.50 bits per heavy atom. The Labute approximate surface area is 81.9 Å². The van der Waals surface area contributed by atoms with Crippen molar-refractivity contribution >= 4 is 0 Å². The summed E-state index contributed by atoms with van der Waals surface area (Å²) in [4.78, 5) is 0. The van der Waals surface area contributed by atoms with E-state index in [9.17, 15) is 8.78 Å². The van der Waals surface area contributed by atoms with Gasteiger partial charge in [0.1, 0.15) is 0 Å². The van der Waals surface area contributed by atoms with Crippen LogP contribution in [0.2, 0.25) is 0 Å². The van der Waals surface area contributed by atoms with E-state index in [1.54, 1.807) is 0 Å². The first kappa shape index (κ1) is 9.59. The van der Waals surface area contributed by atoms with Crippen LogP contribution < -0.4 is 5.73 Å². The van der Waals surface area contributed by atoms with E-state index < -0.39 is 12.0 Å². The van der Waals surface area contributed by atoms with Crippen molar-refractivity contribution in [3.05, 3.63) is 35.4 Å². The van der Waals surface area contributed by atoms with E-state index in [1.807, 2.05) is 24.3 Å². The lowest BCUT2D eigenvalue weighted by Gasteiger charge is -2.33. The van der Waals surface area contributed by atoms with E-state index >= 15 is 0 Å². The minimum atomic E-state index is -2.43. The SMILES string of the molecule is NC1(C(F)F)CCc2ccccc2C1. The predicted octanol–water partition coefficient (Wildman–Crippen LogP) is 2.14. The van der Waals surface area contributed by atoms with Gasteiger partial charge in [-0.2, -0.15) is 0 Å². The monoisotopic (exact) mass is 197 g/mol. The first-order valence-electron chi connectivity index (χ1n) is 4.76. The highest BCUT2D eigenvalue weighted by molar-refractivity contribution is 5.32. The topological polar surface area (TPSA) is 26.0 Å². The summed E-state index contributed by atoms with van der Waals surface area (Å²) >= 11 is 0. The molecular weight excluding hydrogens is 184 g/mol. The van der Waals surface area contributed by atoms with E-state index in [1.165, 1.54) is 0 Å². The Kier molecular flexibility index (Phi) is 2.27. The third-order valence-corrected chi connectivity index (χ3v) is 2.93. The van der Waals surface area contributed by atoms with Crippen LogP contribution in [-0.2, 0) is 12.8 Å². The number of alkyl halides is 2. The predicted molar refractivity (Wildman–Crippen MR) is 51.4 cm³/mol. The van der Waals surface area contributed by atoms with Crippen LogP contribution in [0.1, 0.15) is 17.5 Å². The highest BCUT2D eigenvalue weighted by Gasteiger charge is 2.38. The second-order valence-electron chi connectivity index (χ2n) is 3.98. The molecule has 1 nitrogen and oxygen atoms in total. The smallest absolute Gasteiger partial charge is 0.256 e. The maximum absolute atomic E-state index is 12.7. The minimum Gasteiger partial charge on any atom is -0.320 e. The van der Waals surface area contributed by atoms with Gasteiger partial charge in [0.2, 0.25) is 0 Å². The summed E-state index contributed by atoms with van der Waals surface area (Å²) in [7, 11) is 0. The third kappa shape index (κ3) is 1.52. The van der Waals surface area contributed by atoms with Crippen molar-refractivity contribution < 1.29 is 8.78 Å². The van der Waals surface area contributed by atoms with Gasteiger partial charge < -0.3 is 5.73 Å². The van der Waals surface area contributed by atoms with E-state index in [0.717, 1.165) is 11.1 Å². The molecule has 0 amide bonds. The molecule has 2 rings (SSSR count). The maximum Gasteiger partial charge on any atom is 0.256 e. The molecule has 0 spiro atoms. The standard InChI is InChI=1S/C11H13F2N/c12-10(13)11(14)6-5-8-3-1-2-4-9(8)7-11/h1-4,10H,5-7,14H2. The fourth-order valence-electron chi connectivity index (χ4n) is 1.97. The average molecular weight is 197 g/mol. The summed E-state index contributed by atoms with van der Waals surface area (Å²) in [5, 5.41) is 0. The van der Waals surface area contributed by atoms with Crippen molar-refractivity contribution in [3.8, 4) is 0 Å². The summed E-state index contributed by atoms with van der Waals surface area (Å²) in [6, 6.07) is 7.68. The molecule has 1 atom stereocenters. The quantitative estimate of drug-likeness (QED) is 0.733. The number of aryl methyl sites for hydroxylation is 1. The summed E-state index contributed by atoms with van der Waals surface area (Å²) in [5.74, 6) is 0. The number of benzene rings is 1. The van der Waals surface area contributed by atoms with Crippen molar-refractivity contribution in [1.82, 2.24) is 0 Å². The summed E-state index contributed by atoms with van der Waals surface area (Å²) in [6.45, 7) is 0. The van der Waals surface area contributed by atoms with Gasteiger partial charge in [-0.15, -0.1) is 0 Å². The van der Waals surface area contributed by atoms with Gasteiger partial charge in [0.25, 0.3) is 6.43 Å². The Morgan fingerprint density at radius 1 is 1.21 bits per heavy atom. The van der Waals surface area contributed by atoms with Gasteiger partial charge in [0.15, 0.2) is 0 Å². The zero-order chi connectivity index (χ0) is 10.2. The van der Waals surface area contributed by atoms with Crippen molar-refractivity contribution in [2.24, 2.45) is 5.73 Å². The normalized spacial score (nSPS) is 26.3. The van der Waals surface area contributed by atoms with Crippen LogP contribution in [0.3, 0.4) is 0 Å². The van der Waals surface area contributed by atoms with Crippen LogP contribution >= 0.6 is 0 Å². The molecule has 1 aromatic carbocycles. The first-order valence-corrected chi connectivity index (χ1v) is 4.76. The van der Waals surface area contributed by atoms with Crippen molar-refractivity contribution in [2.45, 2.75) is 31.2 Å². The second kappa shape index (κ2) is 3.31. The Balaban J connectivity index is 2.29. The van der Waals surface area contributed by atoms with Crippen LogP contribution in [0.25, 0.3) is 0 Å². The third-order valence-electron chi connectivity index (χ3n) is 2.93. The maximum atomic E-state index is 12.7. The van der Waals surface area contributed by atoms with Crippen LogP contribution in [0.4, 0.5) is 8.78 Å². The highest BCUT2D eigenvalue weighted by Crippen LogP contribution is 2.30. The Morgan fingerprint density at radius 2 is 1.86 bits per heavy atom. The van der Waals surface area contributed by atoms with E-state index in [2.05, 4.69) is 0 Å². The molecule has 0 heterocycles. The van der Waals surface area contributed by atoms with Crippen molar-refractivity contribution in [1.29, 1.82) is 0 Å². The molecule has 0 aliphatic heterocycles. The molecule has 1 aliphatic rings. The first-order chi connectivity index (χ1) is 6.62. The van der Waals surface area contributed by atoms with Crippen LogP contribution in [0.15, 0.2) is 24.3 Å². The van der Waals surface area contributed by atoms with Crippen LogP contribution in [0, 0.1) is 0 Å². The molecule has 0 radical (unpaired) electrons. The van der Waals surface area contributed by atoms with Gasteiger partial charge in [-0.25, -0.2) is 8.78 Å². The van der Waals surface area contributed by atoms with Gasteiger partial charge in [0.05, 0.1) is 5.54 Å². The fraction of sp³-hybridized carbons (Fsp3) is 0.455. The number of nitrogens with two attached hydrogens (primary N) is 1.